The van der Waals surface area contributed by atoms with Gasteiger partial charge < -0.3 is 10.0 Å². The third-order valence-corrected chi connectivity index (χ3v) is 2.92. The first-order chi connectivity index (χ1) is 7.31. The molecule has 1 fully saturated rings. The predicted octanol–water partition coefficient (Wildman–Crippen LogP) is 1.13. The average molecular weight is 227 g/mol. The number of rotatable bonds is 4. The molecule has 2 amide bonds. The lowest BCUT2D eigenvalue weighted by Gasteiger charge is -2.20. The summed E-state index contributed by atoms with van der Waals surface area (Å²) in [6.45, 7) is 0.393. The molecule has 2 rings (SSSR count). The van der Waals surface area contributed by atoms with Gasteiger partial charge in [-0.05, 0) is 12.8 Å². The Morgan fingerprint density at radius 3 is 3.07 bits per heavy atom. The Hall–Kier alpha value is -1.14. The number of hydrogen-bond acceptors (Lipinski definition) is 4. The fourth-order valence-corrected chi connectivity index (χ4v) is 1.91. The van der Waals surface area contributed by atoms with Crippen molar-refractivity contribution in [2.45, 2.75) is 18.9 Å². The topological polar surface area (TPSA) is 65.5 Å². The Morgan fingerprint density at radius 2 is 2.53 bits per heavy atom. The molecular formula is C9H13N3O2S. The number of urea groups is 1. The molecule has 1 heterocycles. The highest BCUT2D eigenvalue weighted by molar-refractivity contribution is 7.13. The third kappa shape index (κ3) is 2.66. The van der Waals surface area contributed by atoms with Crippen molar-refractivity contribution in [1.82, 2.24) is 9.88 Å². The van der Waals surface area contributed by atoms with Crippen LogP contribution < -0.4 is 5.32 Å². The van der Waals surface area contributed by atoms with Crippen molar-refractivity contribution in [1.29, 1.82) is 0 Å². The van der Waals surface area contributed by atoms with Gasteiger partial charge in [0.15, 0.2) is 5.13 Å². The van der Waals surface area contributed by atoms with E-state index in [2.05, 4.69) is 10.3 Å². The molecule has 1 aromatic heterocycles. The van der Waals surface area contributed by atoms with Crippen molar-refractivity contribution in [2.24, 2.45) is 0 Å². The van der Waals surface area contributed by atoms with E-state index >= 15 is 0 Å². The van der Waals surface area contributed by atoms with Gasteiger partial charge in [-0.15, -0.1) is 11.3 Å². The number of aliphatic hydroxyl groups is 1. The highest BCUT2D eigenvalue weighted by atomic mass is 32.1. The van der Waals surface area contributed by atoms with Crippen LogP contribution in [-0.4, -0.2) is 40.2 Å². The number of thiazole rings is 1. The second-order valence-corrected chi connectivity index (χ2v) is 4.31. The van der Waals surface area contributed by atoms with Crippen LogP contribution in [0, 0.1) is 0 Å². The van der Waals surface area contributed by atoms with Crippen LogP contribution in [0.15, 0.2) is 11.6 Å². The van der Waals surface area contributed by atoms with Crippen LogP contribution in [0.1, 0.15) is 12.8 Å². The summed E-state index contributed by atoms with van der Waals surface area (Å²) in [5.41, 5.74) is 0. The number of aromatic nitrogens is 1. The Labute approximate surface area is 91.7 Å². The average Bonchev–Trinajstić information content (AvgIpc) is 2.93. The maximum absolute atomic E-state index is 11.8. The molecule has 1 saturated carbocycles. The first kappa shape index (κ1) is 10.4. The Kier molecular flexibility index (Phi) is 3.17. The van der Waals surface area contributed by atoms with Gasteiger partial charge in [-0.2, -0.15) is 0 Å². The first-order valence-corrected chi connectivity index (χ1v) is 5.77. The molecule has 0 spiro atoms. The van der Waals surface area contributed by atoms with E-state index in [1.54, 1.807) is 11.1 Å². The maximum Gasteiger partial charge on any atom is 0.323 e. The second-order valence-electron chi connectivity index (χ2n) is 3.42. The number of aliphatic hydroxyl groups excluding tert-OH is 1. The fourth-order valence-electron chi connectivity index (χ4n) is 1.39. The zero-order valence-corrected chi connectivity index (χ0v) is 9.04. The van der Waals surface area contributed by atoms with Gasteiger partial charge in [-0.25, -0.2) is 9.78 Å². The molecule has 2 N–H and O–H groups in total. The minimum atomic E-state index is -0.165. The minimum Gasteiger partial charge on any atom is -0.395 e. The van der Waals surface area contributed by atoms with Gasteiger partial charge in [0, 0.05) is 24.2 Å². The summed E-state index contributed by atoms with van der Waals surface area (Å²) >= 11 is 1.39. The SMILES string of the molecule is O=C(Nc1nccs1)N(CCO)C1CC1. The quantitative estimate of drug-likeness (QED) is 0.810. The van der Waals surface area contributed by atoms with Crippen LogP contribution in [0.2, 0.25) is 0 Å². The van der Waals surface area contributed by atoms with Gasteiger partial charge in [-0.3, -0.25) is 5.32 Å². The van der Waals surface area contributed by atoms with Crippen molar-refractivity contribution in [3.05, 3.63) is 11.6 Å². The van der Waals surface area contributed by atoms with Crippen molar-refractivity contribution in [3.63, 3.8) is 0 Å². The Balaban J connectivity index is 1.92. The van der Waals surface area contributed by atoms with E-state index in [-0.39, 0.29) is 12.6 Å². The van der Waals surface area contributed by atoms with Crippen molar-refractivity contribution in [3.8, 4) is 0 Å². The van der Waals surface area contributed by atoms with Crippen LogP contribution in [0.5, 0.6) is 0 Å². The third-order valence-electron chi connectivity index (χ3n) is 2.24. The molecule has 5 nitrogen and oxygen atoms in total. The summed E-state index contributed by atoms with van der Waals surface area (Å²) < 4.78 is 0. The molecule has 1 aliphatic carbocycles. The largest absolute Gasteiger partial charge is 0.395 e. The molecule has 0 saturated heterocycles. The molecule has 1 aliphatic rings. The summed E-state index contributed by atoms with van der Waals surface area (Å²) in [5.74, 6) is 0. The zero-order chi connectivity index (χ0) is 10.7. The van der Waals surface area contributed by atoms with Gasteiger partial charge >= 0.3 is 6.03 Å². The lowest BCUT2D eigenvalue weighted by atomic mass is 10.5. The van der Waals surface area contributed by atoms with E-state index in [9.17, 15) is 4.79 Å². The summed E-state index contributed by atoms with van der Waals surface area (Å²) in [5, 5.41) is 14.0. The van der Waals surface area contributed by atoms with E-state index in [1.165, 1.54) is 11.3 Å². The molecule has 0 bridgehead atoms. The van der Waals surface area contributed by atoms with Crippen LogP contribution in [0.3, 0.4) is 0 Å². The zero-order valence-electron chi connectivity index (χ0n) is 8.22. The molecule has 0 aliphatic heterocycles. The van der Waals surface area contributed by atoms with Gasteiger partial charge in [0.2, 0.25) is 0 Å². The van der Waals surface area contributed by atoms with Crippen LogP contribution >= 0.6 is 11.3 Å². The molecule has 0 unspecified atom stereocenters. The Morgan fingerprint density at radius 1 is 1.73 bits per heavy atom. The lowest BCUT2D eigenvalue weighted by molar-refractivity contribution is 0.185. The van der Waals surface area contributed by atoms with E-state index in [1.807, 2.05) is 5.38 Å². The number of hydrogen-bond donors (Lipinski definition) is 2. The van der Waals surface area contributed by atoms with E-state index in [0.29, 0.717) is 17.7 Å². The van der Waals surface area contributed by atoms with Gasteiger partial charge in [0.1, 0.15) is 0 Å². The molecule has 82 valence electrons. The van der Waals surface area contributed by atoms with Crippen molar-refractivity contribution >= 4 is 22.5 Å². The summed E-state index contributed by atoms with van der Waals surface area (Å²) in [6.07, 6.45) is 3.71. The number of nitrogens with zero attached hydrogens (tertiary/aromatic N) is 2. The highest BCUT2D eigenvalue weighted by Crippen LogP contribution is 2.27. The molecule has 6 heteroatoms. The number of carbonyl (C=O) groups is 1. The number of carbonyl (C=O) groups excluding carboxylic acids is 1. The summed E-state index contributed by atoms with van der Waals surface area (Å²) in [4.78, 5) is 17.4. The smallest absolute Gasteiger partial charge is 0.323 e. The molecule has 0 aromatic carbocycles. The van der Waals surface area contributed by atoms with Crippen LogP contribution in [0.4, 0.5) is 9.93 Å². The standard InChI is InChI=1S/C9H13N3O2S/c13-5-4-12(7-1-2-7)9(14)11-8-10-3-6-15-8/h3,6-7,13H,1-2,4-5H2,(H,10,11,14). The summed E-state index contributed by atoms with van der Waals surface area (Å²) in [6, 6.07) is 0.138. The van der Waals surface area contributed by atoms with Gasteiger partial charge in [0.05, 0.1) is 6.61 Å². The maximum atomic E-state index is 11.8. The Bertz CT molecular complexity index is 324. The van der Waals surface area contributed by atoms with Crippen molar-refractivity contribution in [2.75, 3.05) is 18.5 Å². The first-order valence-electron chi connectivity index (χ1n) is 4.89. The van der Waals surface area contributed by atoms with E-state index < -0.39 is 0 Å². The van der Waals surface area contributed by atoms with Gasteiger partial charge in [0.25, 0.3) is 0 Å². The minimum absolute atomic E-state index is 0.00177. The number of anilines is 1. The second kappa shape index (κ2) is 4.59. The summed E-state index contributed by atoms with van der Waals surface area (Å²) in [7, 11) is 0. The number of amides is 2. The monoisotopic (exact) mass is 227 g/mol. The fraction of sp³-hybridized carbons (Fsp3) is 0.556. The molecule has 0 radical (unpaired) electrons. The van der Waals surface area contributed by atoms with Crippen molar-refractivity contribution < 1.29 is 9.90 Å². The molecule has 1 aromatic rings. The normalized spacial score (nSPS) is 15.0. The highest BCUT2D eigenvalue weighted by Gasteiger charge is 2.32. The van der Waals surface area contributed by atoms with E-state index in [0.717, 1.165) is 12.8 Å². The van der Waals surface area contributed by atoms with E-state index in [4.69, 9.17) is 5.11 Å². The van der Waals surface area contributed by atoms with Crippen LogP contribution in [-0.2, 0) is 0 Å². The predicted molar refractivity (Wildman–Crippen MR) is 57.9 cm³/mol. The molecule has 0 atom stereocenters. The van der Waals surface area contributed by atoms with Crippen LogP contribution in [0.25, 0.3) is 0 Å². The molecular weight excluding hydrogens is 214 g/mol. The number of nitrogens with one attached hydrogen (secondary N) is 1. The molecule has 15 heavy (non-hydrogen) atoms. The van der Waals surface area contributed by atoms with Gasteiger partial charge in [-0.1, -0.05) is 0 Å². The lowest BCUT2D eigenvalue weighted by Crippen LogP contribution is -2.38.